The summed E-state index contributed by atoms with van der Waals surface area (Å²) in [4.78, 5) is 58.7. The smallest absolute Gasteiger partial charge is 0.478 e. The molecule has 0 saturated carbocycles. The van der Waals surface area contributed by atoms with Gasteiger partial charge >= 0.3 is 45.4 Å². The highest BCUT2D eigenvalue weighted by molar-refractivity contribution is 6.53. The minimum atomic E-state index is -5.08. The van der Waals surface area contributed by atoms with Gasteiger partial charge in [-0.3, -0.25) is 9.59 Å². The van der Waals surface area contributed by atoms with E-state index < -0.39 is 39.3 Å². The van der Waals surface area contributed by atoms with Gasteiger partial charge in [0.25, 0.3) is 11.8 Å². The van der Waals surface area contributed by atoms with Crippen molar-refractivity contribution in [2.75, 3.05) is 48.3 Å². The molecule has 0 aliphatic heterocycles. The zero-order valence-corrected chi connectivity index (χ0v) is 42.7. The van der Waals surface area contributed by atoms with Gasteiger partial charge in [-0.1, -0.05) is 70.3 Å². The monoisotopic (exact) mass is 1020 g/mol. The summed E-state index contributed by atoms with van der Waals surface area (Å²) in [5, 5.41) is 59.8. The first kappa shape index (κ1) is 67.3. The van der Waals surface area contributed by atoms with Crippen LogP contribution in [0, 0.1) is 34.6 Å². The van der Waals surface area contributed by atoms with Crippen LogP contribution in [0.5, 0.6) is 0 Å². The number of hydrogen-bond acceptors (Lipinski definition) is 15. The molecule has 0 unspecified atom stereocenters. The lowest BCUT2D eigenvalue weighted by Gasteiger charge is -2.12. The first-order valence-electron chi connectivity index (χ1n) is 21.9. The number of benzene rings is 5. The molecule has 5 rings (SSSR count). The number of carboxylic acid groups (broad SMARTS) is 2. The van der Waals surface area contributed by atoms with Crippen LogP contribution in [-0.2, 0) is 20.9 Å². The molecule has 0 atom stereocenters. The normalized spacial score (nSPS) is 9.49. The molecule has 0 aliphatic carbocycles. The minimum Gasteiger partial charge on any atom is -0.478 e. The van der Waals surface area contributed by atoms with Gasteiger partial charge in [0.2, 0.25) is 0 Å². The van der Waals surface area contributed by atoms with E-state index in [2.05, 4.69) is 44.6 Å². The van der Waals surface area contributed by atoms with E-state index in [-0.39, 0.29) is 23.5 Å². The second kappa shape index (κ2) is 35.3. The van der Waals surface area contributed by atoms with E-state index in [1.165, 1.54) is 23.5 Å². The summed E-state index contributed by atoms with van der Waals surface area (Å²) >= 11 is 0. The van der Waals surface area contributed by atoms with E-state index in [9.17, 15) is 32.6 Å². The third-order valence-corrected chi connectivity index (χ3v) is 8.80. The van der Waals surface area contributed by atoms with Gasteiger partial charge in [-0.2, -0.15) is 22.8 Å². The first-order valence-corrected chi connectivity index (χ1v) is 21.9. The third-order valence-electron chi connectivity index (χ3n) is 8.80. The molecular formula is C48H66B3F3N8O11. The van der Waals surface area contributed by atoms with Crippen molar-refractivity contribution >= 4 is 79.5 Å². The fraction of sp³-hybridized carbons (Fsp3) is 0.271. The number of carboxylic acids is 2. The number of anilines is 5. The molecule has 0 spiro atoms. The second-order valence-corrected chi connectivity index (χ2v) is 15.6. The quantitative estimate of drug-likeness (QED) is 0.0541. The van der Waals surface area contributed by atoms with Crippen molar-refractivity contribution in [2.45, 2.75) is 67.8 Å². The van der Waals surface area contributed by atoms with Gasteiger partial charge in [-0.05, 0) is 122 Å². The number of aryl methyl sites for hydroxylation is 5. The molecule has 0 fully saturated rings. The maximum Gasteiger partial charge on any atom is 0.490 e. The Bertz CT molecular complexity index is 2530. The SMILES string of the molecule is CB(O)Nc1ccc(C)cc1.CB(O)Nc1ccc(C)cc1C(=O)O.CNC(=O)c1cc(C)ccc1N.CNC(=O)c1cc(C)ccc1NB(C)O.CNCc1cc(C)ccc1N.O=C(O)C(F)(F)F.O=C=O. The Balaban J connectivity index is 0. The van der Waals surface area contributed by atoms with E-state index in [4.69, 9.17) is 46.1 Å². The molecule has 19 nitrogen and oxygen atoms in total. The Hall–Kier alpha value is -7.82. The first-order chi connectivity index (χ1) is 34.0. The molecule has 0 saturated heterocycles. The van der Waals surface area contributed by atoms with Crippen LogP contribution in [0.25, 0.3) is 0 Å². The average molecular weight is 1020 g/mol. The molecule has 0 heterocycles. The summed E-state index contributed by atoms with van der Waals surface area (Å²) in [6.07, 6.45) is -4.83. The van der Waals surface area contributed by atoms with E-state index >= 15 is 0 Å². The van der Waals surface area contributed by atoms with Crippen molar-refractivity contribution in [1.82, 2.24) is 16.0 Å². The molecule has 0 aliphatic rings. The summed E-state index contributed by atoms with van der Waals surface area (Å²) in [6.45, 7) is 15.4. The number of carbonyl (C=O) groups excluding carboxylic acids is 4. The molecular weight excluding hydrogens is 954 g/mol. The Morgan fingerprint density at radius 3 is 1.27 bits per heavy atom. The predicted molar refractivity (Wildman–Crippen MR) is 282 cm³/mol. The van der Waals surface area contributed by atoms with Crippen molar-refractivity contribution in [2.24, 2.45) is 0 Å². The minimum absolute atomic E-state index is 0.142. The van der Waals surface area contributed by atoms with E-state index in [0.717, 1.165) is 34.6 Å². The van der Waals surface area contributed by atoms with E-state index in [1.807, 2.05) is 83.3 Å². The van der Waals surface area contributed by atoms with Crippen molar-refractivity contribution < 1.29 is 67.2 Å². The van der Waals surface area contributed by atoms with Gasteiger partial charge in [-0.25, -0.2) is 9.59 Å². The van der Waals surface area contributed by atoms with Gasteiger partial charge in [0, 0.05) is 49.1 Å². The average Bonchev–Trinajstić information content (AvgIpc) is 3.30. The summed E-state index contributed by atoms with van der Waals surface area (Å²) < 4.78 is 31.7. The maximum atomic E-state index is 11.5. The van der Waals surface area contributed by atoms with Crippen molar-refractivity contribution in [1.29, 1.82) is 0 Å². The Labute approximate surface area is 424 Å². The van der Waals surface area contributed by atoms with Crippen LogP contribution in [-0.4, -0.2) is 104 Å². The van der Waals surface area contributed by atoms with Crippen molar-refractivity contribution in [3.63, 3.8) is 0 Å². The van der Waals surface area contributed by atoms with Gasteiger partial charge in [0.05, 0.1) is 16.7 Å². The van der Waals surface area contributed by atoms with Crippen molar-refractivity contribution in [3.8, 4) is 0 Å². The standard InChI is InChI=1S/C10H15BN2O2.C9H12BNO3.C9H12N2O.C9H14N2.C8H12BNO.C2HF3O2.CO2/c1-7-4-5-9(13-11(2)15)8(6-7)10(14)12-3;1-6-3-4-8(11-10(2)14)7(5-6)9(12)13;1-6-3-4-8(10)7(5-6)9(12)11-2;1-7-3-4-9(10)8(5-7)6-11-2;1-7-3-5-8(6-4-7)10-9(2)11;3-2(4,5)1(6)7;2-1-3/h4-6,13,15H,1-3H3,(H,12,14);3-5,11,14H,1-2H3,(H,12,13);3-5H,10H2,1-2H3,(H,11,12);3-5,11H,6,10H2,1-2H3;3-6,10-11H,1-2H3;(H,6,7);. The third kappa shape index (κ3) is 29.9. The molecule has 5 aromatic carbocycles. The lowest BCUT2D eigenvalue weighted by Crippen LogP contribution is -2.24. The van der Waals surface area contributed by atoms with Crippen LogP contribution in [0.2, 0.25) is 20.5 Å². The maximum absolute atomic E-state index is 11.5. The van der Waals surface area contributed by atoms with Gasteiger partial charge in [0.1, 0.15) is 0 Å². The van der Waals surface area contributed by atoms with Crippen LogP contribution < -0.4 is 43.1 Å². The largest absolute Gasteiger partial charge is 0.490 e. The lowest BCUT2D eigenvalue weighted by molar-refractivity contribution is -0.193. The van der Waals surface area contributed by atoms with Crippen LogP contribution in [0.4, 0.5) is 41.6 Å². The number of aliphatic carboxylic acids is 1. The highest BCUT2D eigenvalue weighted by Crippen LogP contribution is 2.19. The fourth-order valence-electron chi connectivity index (χ4n) is 5.49. The number of amides is 2. The van der Waals surface area contributed by atoms with Gasteiger partial charge in [0.15, 0.2) is 0 Å². The van der Waals surface area contributed by atoms with Crippen LogP contribution in [0.15, 0.2) is 97.1 Å². The number of rotatable bonds is 11. The molecule has 0 aromatic heterocycles. The zero-order chi connectivity index (χ0) is 56.6. The zero-order valence-electron chi connectivity index (χ0n) is 42.7. The molecule has 25 heteroatoms. The van der Waals surface area contributed by atoms with Crippen molar-refractivity contribution in [3.05, 3.63) is 147 Å². The summed E-state index contributed by atoms with van der Waals surface area (Å²) in [6, 6.07) is 29.8. The fourth-order valence-corrected chi connectivity index (χ4v) is 5.49. The number of alkyl halides is 3. The number of nitrogen functional groups attached to an aromatic ring is 2. The second-order valence-electron chi connectivity index (χ2n) is 15.6. The lowest BCUT2D eigenvalue weighted by atomic mass is 9.87. The van der Waals surface area contributed by atoms with Crippen LogP contribution >= 0.6 is 0 Å². The molecule has 15 N–H and O–H groups in total. The van der Waals surface area contributed by atoms with E-state index in [0.29, 0.717) is 28.2 Å². The highest BCUT2D eigenvalue weighted by Gasteiger charge is 2.38. The number of nitrogens with one attached hydrogen (secondary N) is 6. The van der Waals surface area contributed by atoms with E-state index in [1.54, 1.807) is 70.2 Å². The summed E-state index contributed by atoms with van der Waals surface area (Å²) in [5.41, 5.74) is 22.5. The Morgan fingerprint density at radius 1 is 0.548 bits per heavy atom. The molecule has 0 radical (unpaired) electrons. The Morgan fingerprint density at radius 2 is 0.890 bits per heavy atom. The van der Waals surface area contributed by atoms with Gasteiger partial charge < -0.3 is 68.4 Å². The van der Waals surface area contributed by atoms with Gasteiger partial charge in [-0.15, -0.1) is 0 Å². The van der Waals surface area contributed by atoms with Crippen LogP contribution in [0.3, 0.4) is 0 Å². The molecule has 394 valence electrons. The molecule has 73 heavy (non-hydrogen) atoms. The molecule has 2 amide bonds. The number of halogens is 3. The predicted octanol–water partition coefficient (Wildman–Crippen LogP) is 5.89. The number of carbonyl (C=O) groups is 4. The highest BCUT2D eigenvalue weighted by atomic mass is 19.4. The number of hydrogen-bond donors (Lipinski definition) is 13. The van der Waals surface area contributed by atoms with Crippen LogP contribution in [0.1, 0.15) is 64.5 Å². The summed E-state index contributed by atoms with van der Waals surface area (Å²) in [5.74, 6) is -4.07. The number of nitrogens with two attached hydrogens (primary N) is 2. The molecule has 5 aromatic rings. The summed E-state index contributed by atoms with van der Waals surface area (Å²) in [7, 11) is 3.15. The number of aromatic carboxylic acids is 1. The molecule has 0 bridgehead atoms. The Kier molecular flexibility index (Phi) is 32.5. The topological polar surface area (TPSA) is 328 Å².